The average Bonchev–Trinajstić information content (AvgIpc) is 1.79. The lowest BCUT2D eigenvalue weighted by Gasteiger charge is -2.44. The van der Waals surface area contributed by atoms with Gasteiger partial charge in [0.1, 0.15) is 5.58 Å². The monoisotopic (exact) mass is 1120 g/mol. The number of fused-ring (bicyclic) bond motifs is 13. The lowest BCUT2D eigenvalue weighted by molar-refractivity contribution is 0.590. The van der Waals surface area contributed by atoms with Gasteiger partial charge in [-0.15, -0.1) is 22.7 Å². The Balaban J connectivity index is 1.07. The Hall–Kier alpha value is -7.58. The highest BCUT2D eigenvalue weighted by Gasteiger charge is 2.49. The van der Waals surface area contributed by atoms with Crippen LogP contribution in [0.4, 0.5) is 45.5 Å². The van der Waals surface area contributed by atoms with Crippen LogP contribution in [0.2, 0.25) is 0 Å². The number of thiophene rings is 2. The van der Waals surface area contributed by atoms with E-state index in [1.807, 2.05) is 22.7 Å². The summed E-state index contributed by atoms with van der Waals surface area (Å²) in [5, 5.41) is 6.02. The number of hydrogen-bond donors (Lipinski definition) is 0. The molecule has 83 heavy (non-hydrogen) atoms. The van der Waals surface area contributed by atoms with Gasteiger partial charge in [-0.25, -0.2) is 0 Å². The van der Waals surface area contributed by atoms with Gasteiger partial charge in [-0.1, -0.05) is 177 Å². The van der Waals surface area contributed by atoms with Gasteiger partial charge >= 0.3 is 6.85 Å². The van der Waals surface area contributed by atoms with Crippen molar-refractivity contribution in [3.8, 4) is 11.1 Å². The molecular formula is C76H74BN3OS2. The van der Waals surface area contributed by atoms with Crippen LogP contribution in [0.5, 0.6) is 0 Å². The Morgan fingerprint density at radius 3 is 1.45 bits per heavy atom. The Morgan fingerprint density at radius 1 is 0.386 bits per heavy atom. The number of hydrogen-bond acceptors (Lipinski definition) is 6. The molecule has 12 aromatic rings. The van der Waals surface area contributed by atoms with Crippen LogP contribution in [0, 0.1) is 0 Å². The van der Waals surface area contributed by atoms with Gasteiger partial charge in [0.05, 0.1) is 11.4 Å². The van der Waals surface area contributed by atoms with Crippen molar-refractivity contribution < 1.29 is 4.42 Å². The molecule has 0 fully saturated rings. The molecular weight excluding hydrogens is 1050 g/mol. The summed E-state index contributed by atoms with van der Waals surface area (Å²) in [6.07, 6.45) is 0. The summed E-state index contributed by atoms with van der Waals surface area (Å²) in [6, 6.07) is 67.9. The third-order valence-corrected chi connectivity index (χ3v) is 20.2. The van der Waals surface area contributed by atoms with Crippen LogP contribution in [-0.4, -0.2) is 6.85 Å². The number of anilines is 8. The minimum atomic E-state index is -0.178. The summed E-state index contributed by atoms with van der Waals surface area (Å²) in [5.74, 6) is 0. The minimum Gasteiger partial charge on any atom is -0.454 e. The fraction of sp³-hybridized carbons (Fsp3) is 0.263. The molecule has 0 saturated heterocycles. The van der Waals surface area contributed by atoms with Crippen molar-refractivity contribution in [3.05, 3.63) is 204 Å². The topological polar surface area (TPSA) is 22.9 Å². The zero-order valence-electron chi connectivity index (χ0n) is 50.9. The Labute approximate surface area is 499 Å². The van der Waals surface area contributed by atoms with Crippen molar-refractivity contribution in [1.29, 1.82) is 0 Å². The van der Waals surface area contributed by atoms with Gasteiger partial charge in [-0.3, -0.25) is 0 Å². The lowest BCUT2D eigenvalue weighted by Crippen LogP contribution is -2.60. The van der Waals surface area contributed by atoms with Crippen molar-refractivity contribution in [1.82, 2.24) is 0 Å². The van der Waals surface area contributed by atoms with Gasteiger partial charge in [0.25, 0.3) is 0 Å². The van der Waals surface area contributed by atoms with Crippen LogP contribution in [-0.2, 0) is 27.1 Å². The summed E-state index contributed by atoms with van der Waals surface area (Å²) in [6.45, 7) is 34.4. The summed E-state index contributed by atoms with van der Waals surface area (Å²) >= 11 is 3.85. The van der Waals surface area contributed by atoms with Crippen molar-refractivity contribution in [2.24, 2.45) is 0 Å². The Bertz CT molecular complexity index is 4510. The average molecular weight is 1120 g/mol. The number of para-hydroxylation sites is 1. The third kappa shape index (κ3) is 8.73. The molecule has 414 valence electrons. The number of rotatable bonds is 5. The maximum atomic E-state index is 7.33. The molecule has 0 radical (unpaired) electrons. The lowest BCUT2D eigenvalue weighted by atomic mass is 9.46. The molecule has 0 unspecified atom stereocenters. The number of benzene rings is 9. The van der Waals surface area contributed by atoms with E-state index >= 15 is 0 Å². The molecule has 5 heterocycles. The molecule has 2 aliphatic rings. The van der Waals surface area contributed by atoms with E-state index in [1.165, 1.54) is 96.5 Å². The standard InChI is InChI=1S/C76H74BN3OS2/c1-72(2,3)45-20-29-50(30-21-45)78(51-31-22-46(23-32-51)73(4,5)6)54-37-39-64-57(41-54)58-42-56-59-43-60-55-18-16-17-19-63(55)81-70(60)69-67(59)77(80(62(56)44-66(58)82-64)53-35-26-48(27-36-53)75(10,11)12)71-68(61-40-49(76(13,14)15)28-38-65(61)83-71)79(69)52-33-24-47(25-34-52)74(7,8)9/h16-44H,1-15H3. The van der Waals surface area contributed by atoms with E-state index in [1.54, 1.807) is 0 Å². The first kappa shape index (κ1) is 53.4. The van der Waals surface area contributed by atoms with E-state index < -0.39 is 0 Å². The zero-order chi connectivity index (χ0) is 58.0. The molecule has 14 rings (SSSR count). The van der Waals surface area contributed by atoms with Gasteiger partial charge < -0.3 is 19.0 Å². The summed E-state index contributed by atoms with van der Waals surface area (Å²) < 4.78 is 12.5. The van der Waals surface area contributed by atoms with E-state index in [9.17, 15) is 0 Å². The molecule has 7 heteroatoms. The molecule has 4 nitrogen and oxygen atoms in total. The van der Waals surface area contributed by atoms with E-state index in [0.29, 0.717) is 0 Å². The fourth-order valence-corrected chi connectivity index (χ4v) is 15.4. The predicted molar refractivity (Wildman–Crippen MR) is 364 cm³/mol. The molecule has 0 aliphatic carbocycles. The molecule has 0 saturated carbocycles. The first-order chi connectivity index (χ1) is 39.3. The second kappa shape index (κ2) is 18.5. The van der Waals surface area contributed by atoms with Crippen molar-refractivity contribution >= 4 is 137 Å². The van der Waals surface area contributed by atoms with Crippen LogP contribution in [0.25, 0.3) is 63.3 Å². The smallest absolute Gasteiger partial charge is 0.343 e. The largest absolute Gasteiger partial charge is 0.454 e. The van der Waals surface area contributed by atoms with Crippen LogP contribution in [0.1, 0.15) is 132 Å². The Morgan fingerprint density at radius 2 is 0.867 bits per heavy atom. The van der Waals surface area contributed by atoms with Crippen LogP contribution in [0.3, 0.4) is 0 Å². The van der Waals surface area contributed by atoms with Crippen molar-refractivity contribution in [2.45, 2.75) is 131 Å². The summed E-state index contributed by atoms with van der Waals surface area (Å²) in [5.41, 5.74) is 21.4. The van der Waals surface area contributed by atoms with Crippen LogP contribution < -0.4 is 24.9 Å². The van der Waals surface area contributed by atoms with E-state index in [4.69, 9.17) is 4.42 Å². The van der Waals surface area contributed by atoms with Crippen molar-refractivity contribution in [2.75, 3.05) is 14.6 Å². The summed E-state index contributed by atoms with van der Waals surface area (Å²) in [7, 11) is 0. The predicted octanol–water partition coefficient (Wildman–Crippen LogP) is 21.8. The van der Waals surface area contributed by atoms with E-state index in [2.05, 4.69) is 294 Å². The molecule has 3 aromatic heterocycles. The maximum absolute atomic E-state index is 7.33. The SMILES string of the molecule is CC(C)(C)c1ccc(N2B3c4sc5ccc(C(C)(C)C)cc5c4N(c4ccc(C(C)(C)C)cc4)c4c3c(cc3c4oc4ccccc43)-c3cc4c(cc32)sc2ccc(N(c3ccc(C(C)(C)C)cc3)c3ccc(C(C)(C)C)cc3)cc24)cc1. The number of furan rings is 1. The highest BCUT2D eigenvalue weighted by Crippen LogP contribution is 2.55. The fourth-order valence-electron chi connectivity index (χ4n) is 13.0. The normalized spacial score (nSPS) is 13.9. The molecule has 0 atom stereocenters. The highest BCUT2D eigenvalue weighted by atomic mass is 32.1. The van der Waals surface area contributed by atoms with Gasteiger partial charge in [0, 0.05) is 85.5 Å². The van der Waals surface area contributed by atoms with Gasteiger partial charge in [0.15, 0.2) is 5.58 Å². The Kier molecular flexibility index (Phi) is 11.9. The zero-order valence-corrected chi connectivity index (χ0v) is 52.5. The van der Waals surface area contributed by atoms with E-state index in [0.717, 1.165) is 50.4 Å². The first-order valence-corrected chi connectivity index (χ1v) is 31.3. The van der Waals surface area contributed by atoms with Gasteiger partial charge in [0.2, 0.25) is 0 Å². The first-order valence-electron chi connectivity index (χ1n) is 29.7. The molecule has 0 bridgehead atoms. The second-order valence-electron chi connectivity index (χ2n) is 28.7. The van der Waals surface area contributed by atoms with Gasteiger partial charge in [-0.05, 0) is 169 Å². The third-order valence-electron chi connectivity index (χ3n) is 17.8. The molecule has 2 aliphatic heterocycles. The quantitative estimate of drug-likeness (QED) is 0.160. The maximum Gasteiger partial charge on any atom is 0.343 e. The molecule has 0 spiro atoms. The molecule has 0 N–H and O–H groups in total. The molecule has 0 amide bonds. The number of nitrogens with zero attached hydrogens (tertiary/aromatic N) is 3. The van der Waals surface area contributed by atoms with Crippen LogP contribution >= 0.6 is 22.7 Å². The second-order valence-corrected chi connectivity index (χ2v) is 30.9. The van der Waals surface area contributed by atoms with Crippen LogP contribution in [0.15, 0.2) is 180 Å². The minimum absolute atomic E-state index is 0.00822. The summed E-state index contributed by atoms with van der Waals surface area (Å²) in [4.78, 5) is 7.73. The van der Waals surface area contributed by atoms with E-state index in [-0.39, 0.29) is 33.9 Å². The highest BCUT2D eigenvalue weighted by molar-refractivity contribution is 7.32. The van der Waals surface area contributed by atoms with Crippen molar-refractivity contribution in [3.63, 3.8) is 0 Å². The van der Waals surface area contributed by atoms with Gasteiger partial charge in [-0.2, -0.15) is 0 Å². The molecule has 9 aromatic carbocycles.